The molecule has 0 aromatic carbocycles. The number of aliphatic hydroxyl groups is 1. The molecule has 2 bridgehead atoms. The molecule has 0 aromatic heterocycles. The summed E-state index contributed by atoms with van der Waals surface area (Å²) in [6.07, 6.45) is 1.22. The normalized spacial score (nSPS) is 48.1. The van der Waals surface area contributed by atoms with Gasteiger partial charge >= 0.3 is 5.97 Å². The van der Waals surface area contributed by atoms with Crippen LogP contribution in [-0.2, 0) is 14.3 Å². The van der Waals surface area contributed by atoms with E-state index in [0.717, 1.165) is 6.42 Å². The average molecular weight is 186 g/mol. The first-order valence-corrected chi connectivity index (χ1v) is 4.49. The number of rotatable bonds is 1. The fourth-order valence-corrected chi connectivity index (χ4v) is 2.32. The fraction of sp³-hybridized carbons (Fsp3) is 0.889. The van der Waals surface area contributed by atoms with Crippen molar-refractivity contribution < 1.29 is 19.4 Å². The Hall–Kier alpha value is -0.610. The van der Waals surface area contributed by atoms with Crippen LogP contribution in [0.15, 0.2) is 0 Å². The van der Waals surface area contributed by atoms with Gasteiger partial charge in [-0.05, 0) is 19.8 Å². The van der Waals surface area contributed by atoms with Crippen molar-refractivity contribution in [1.29, 1.82) is 0 Å². The summed E-state index contributed by atoms with van der Waals surface area (Å²) in [5.74, 6) is -0.354. The van der Waals surface area contributed by atoms with Crippen LogP contribution in [0.1, 0.15) is 26.2 Å². The molecular weight excluding hydrogens is 172 g/mol. The standard InChI is InChI=1S/C9H14O4/c1-8-3-4-9(13-8,5-6(8)10)7(11)12-2/h6,10H,3-5H2,1-2H3/t6-,8+,9-/m0/s1. The van der Waals surface area contributed by atoms with E-state index in [1.54, 1.807) is 0 Å². The molecule has 0 unspecified atom stereocenters. The van der Waals surface area contributed by atoms with Gasteiger partial charge in [0.05, 0.1) is 18.8 Å². The maximum absolute atomic E-state index is 11.4. The van der Waals surface area contributed by atoms with E-state index < -0.39 is 17.3 Å². The second-order valence-corrected chi connectivity index (χ2v) is 4.12. The van der Waals surface area contributed by atoms with E-state index >= 15 is 0 Å². The quantitative estimate of drug-likeness (QED) is 0.596. The van der Waals surface area contributed by atoms with Crippen LogP contribution >= 0.6 is 0 Å². The van der Waals surface area contributed by atoms with Crippen molar-refractivity contribution in [1.82, 2.24) is 0 Å². The number of fused-ring (bicyclic) bond motifs is 2. The predicted molar refractivity (Wildman–Crippen MR) is 44.1 cm³/mol. The Morgan fingerprint density at radius 2 is 2.31 bits per heavy atom. The number of esters is 1. The lowest BCUT2D eigenvalue weighted by atomic mass is 9.81. The van der Waals surface area contributed by atoms with Crippen LogP contribution < -0.4 is 0 Å². The van der Waals surface area contributed by atoms with Crippen molar-refractivity contribution in [2.24, 2.45) is 0 Å². The Bertz CT molecular complexity index is 252. The number of hydrogen-bond donors (Lipinski definition) is 1. The molecule has 74 valence electrons. The van der Waals surface area contributed by atoms with Gasteiger partial charge in [0, 0.05) is 6.42 Å². The van der Waals surface area contributed by atoms with Gasteiger partial charge in [0.25, 0.3) is 0 Å². The maximum Gasteiger partial charge on any atom is 0.338 e. The maximum atomic E-state index is 11.4. The molecule has 0 aromatic rings. The highest BCUT2D eigenvalue weighted by Crippen LogP contribution is 2.51. The molecule has 2 aliphatic heterocycles. The molecule has 2 fully saturated rings. The topological polar surface area (TPSA) is 55.8 Å². The van der Waals surface area contributed by atoms with Crippen LogP contribution in [0.4, 0.5) is 0 Å². The lowest BCUT2D eigenvalue weighted by molar-refractivity contribution is -0.165. The summed E-state index contributed by atoms with van der Waals surface area (Å²) in [6, 6.07) is 0. The third-order valence-electron chi connectivity index (χ3n) is 3.24. The number of aliphatic hydroxyl groups excluding tert-OH is 1. The van der Waals surface area contributed by atoms with Gasteiger partial charge < -0.3 is 14.6 Å². The van der Waals surface area contributed by atoms with Crippen molar-refractivity contribution in [2.75, 3.05) is 7.11 Å². The monoisotopic (exact) mass is 186 g/mol. The minimum atomic E-state index is -0.858. The molecule has 2 heterocycles. The van der Waals surface area contributed by atoms with Crippen LogP contribution in [0.3, 0.4) is 0 Å². The minimum absolute atomic E-state index is 0.354. The largest absolute Gasteiger partial charge is 0.467 e. The zero-order chi connectivity index (χ0) is 9.69. The summed E-state index contributed by atoms with van der Waals surface area (Å²) in [5.41, 5.74) is -1.39. The van der Waals surface area contributed by atoms with E-state index in [0.29, 0.717) is 12.8 Å². The Balaban J connectivity index is 2.25. The van der Waals surface area contributed by atoms with E-state index in [9.17, 15) is 9.90 Å². The molecule has 0 saturated carbocycles. The minimum Gasteiger partial charge on any atom is -0.467 e. The molecule has 4 heteroatoms. The summed E-state index contributed by atoms with van der Waals surface area (Å²) in [4.78, 5) is 11.4. The summed E-state index contributed by atoms with van der Waals surface area (Å²) >= 11 is 0. The molecule has 2 rings (SSSR count). The van der Waals surface area contributed by atoms with E-state index in [-0.39, 0.29) is 5.97 Å². The lowest BCUT2D eigenvalue weighted by Gasteiger charge is -2.24. The summed E-state index contributed by atoms with van der Waals surface area (Å²) in [7, 11) is 1.35. The van der Waals surface area contributed by atoms with Gasteiger partial charge in [-0.15, -0.1) is 0 Å². The summed E-state index contributed by atoms with van der Waals surface area (Å²) in [5, 5.41) is 9.66. The van der Waals surface area contributed by atoms with Gasteiger partial charge in [-0.3, -0.25) is 0 Å². The third kappa shape index (κ3) is 1.02. The van der Waals surface area contributed by atoms with E-state index in [2.05, 4.69) is 4.74 Å². The first-order valence-electron chi connectivity index (χ1n) is 4.49. The van der Waals surface area contributed by atoms with Gasteiger partial charge in [-0.25, -0.2) is 4.79 Å². The molecule has 1 N–H and O–H groups in total. The van der Waals surface area contributed by atoms with Crippen LogP contribution in [0, 0.1) is 0 Å². The second kappa shape index (κ2) is 2.45. The highest BCUT2D eigenvalue weighted by Gasteiger charge is 2.63. The number of methoxy groups -OCH3 is 1. The molecule has 2 saturated heterocycles. The van der Waals surface area contributed by atoms with E-state index in [1.807, 2.05) is 6.92 Å². The van der Waals surface area contributed by atoms with Gasteiger partial charge in [0.1, 0.15) is 0 Å². The van der Waals surface area contributed by atoms with Crippen molar-refractivity contribution in [3.8, 4) is 0 Å². The summed E-state index contributed by atoms with van der Waals surface area (Å²) in [6.45, 7) is 1.84. The van der Waals surface area contributed by atoms with Crippen LogP contribution in [-0.4, -0.2) is 35.5 Å². The molecule has 0 radical (unpaired) electrons. The Labute approximate surface area is 76.8 Å². The van der Waals surface area contributed by atoms with E-state index in [1.165, 1.54) is 7.11 Å². The summed E-state index contributed by atoms with van der Waals surface area (Å²) < 4.78 is 10.3. The smallest absolute Gasteiger partial charge is 0.338 e. The first kappa shape index (κ1) is 8.97. The Kier molecular flexibility index (Phi) is 1.69. The van der Waals surface area contributed by atoms with Crippen molar-refractivity contribution >= 4 is 5.97 Å². The average Bonchev–Trinajstić information content (AvgIpc) is 2.55. The fourth-order valence-electron chi connectivity index (χ4n) is 2.32. The lowest BCUT2D eigenvalue weighted by Crippen LogP contribution is -2.39. The molecule has 3 atom stereocenters. The zero-order valence-corrected chi connectivity index (χ0v) is 7.87. The SMILES string of the molecule is COC(=O)[C@@]12CC[C@@](C)(O1)[C@@H](O)C2. The number of carbonyl (C=O) groups is 1. The molecule has 0 spiro atoms. The van der Waals surface area contributed by atoms with E-state index in [4.69, 9.17) is 4.74 Å². The number of carbonyl (C=O) groups excluding carboxylic acids is 1. The van der Waals surface area contributed by atoms with Crippen molar-refractivity contribution in [2.45, 2.75) is 43.5 Å². The Morgan fingerprint density at radius 3 is 2.69 bits per heavy atom. The molecule has 2 aliphatic rings. The van der Waals surface area contributed by atoms with Gasteiger partial charge in [-0.1, -0.05) is 0 Å². The van der Waals surface area contributed by atoms with Crippen LogP contribution in [0.2, 0.25) is 0 Å². The number of hydrogen-bond acceptors (Lipinski definition) is 4. The highest BCUT2D eigenvalue weighted by molar-refractivity contribution is 5.80. The predicted octanol–water partition coefficient (Wildman–Crippen LogP) is 0.232. The number of ether oxygens (including phenoxy) is 2. The third-order valence-corrected chi connectivity index (χ3v) is 3.24. The molecular formula is C9H14O4. The molecule has 0 aliphatic carbocycles. The highest BCUT2D eigenvalue weighted by atomic mass is 16.6. The second-order valence-electron chi connectivity index (χ2n) is 4.12. The van der Waals surface area contributed by atoms with Gasteiger partial charge in [0.2, 0.25) is 0 Å². The molecule has 4 nitrogen and oxygen atoms in total. The zero-order valence-electron chi connectivity index (χ0n) is 7.87. The molecule has 0 amide bonds. The van der Waals surface area contributed by atoms with Crippen LogP contribution in [0.5, 0.6) is 0 Å². The molecule has 13 heavy (non-hydrogen) atoms. The van der Waals surface area contributed by atoms with Crippen molar-refractivity contribution in [3.05, 3.63) is 0 Å². The first-order chi connectivity index (χ1) is 6.02. The Morgan fingerprint density at radius 1 is 1.62 bits per heavy atom. The van der Waals surface area contributed by atoms with Gasteiger partial charge in [-0.2, -0.15) is 0 Å². The van der Waals surface area contributed by atoms with Crippen molar-refractivity contribution in [3.63, 3.8) is 0 Å². The van der Waals surface area contributed by atoms with Crippen LogP contribution in [0.25, 0.3) is 0 Å². The van der Waals surface area contributed by atoms with Gasteiger partial charge in [0.15, 0.2) is 5.60 Å².